The molecule has 0 saturated carbocycles. The van der Waals surface area contributed by atoms with E-state index in [1.807, 2.05) is 4.90 Å². The molecule has 7 nitrogen and oxygen atoms in total. The van der Waals surface area contributed by atoms with Crippen LogP contribution in [0.2, 0.25) is 0 Å². The predicted molar refractivity (Wildman–Crippen MR) is 110 cm³/mol. The van der Waals surface area contributed by atoms with Gasteiger partial charge in [-0.25, -0.2) is 0 Å². The van der Waals surface area contributed by atoms with Crippen LogP contribution in [0.5, 0.6) is 0 Å². The number of hydrogen-bond acceptors (Lipinski definition) is 5. The lowest BCUT2D eigenvalue weighted by Crippen LogP contribution is -2.44. The number of nitrogens with zero attached hydrogens (tertiary/aromatic N) is 5. The van der Waals surface area contributed by atoms with E-state index in [0.717, 1.165) is 65.3 Å². The number of likely N-dealkylation sites (tertiary alicyclic amines) is 1. The van der Waals surface area contributed by atoms with Gasteiger partial charge in [-0.1, -0.05) is 41.6 Å². The minimum atomic E-state index is -0.00673. The van der Waals surface area contributed by atoms with Crippen molar-refractivity contribution in [3.05, 3.63) is 53.4 Å². The number of carbonyl (C=O) groups is 1. The van der Waals surface area contributed by atoms with Crippen LogP contribution in [0.4, 0.5) is 0 Å². The van der Waals surface area contributed by atoms with Gasteiger partial charge in [0.25, 0.3) is 5.91 Å². The van der Waals surface area contributed by atoms with E-state index in [4.69, 9.17) is 4.74 Å². The molecular formula is C22H27N5O2. The van der Waals surface area contributed by atoms with Gasteiger partial charge in [0.05, 0.1) is 26.0 Å². The SMILES string of the molecule is O=C(c1cn(CCN2CCOCC2)nn1)N1CCC2(C=Cc3ccccc32)CC1. The summed E-state index contributed by atoms with van der Waals surface area (Å²) in [6, 6.07) is 8.60. The van der Waals surface area contributed by atoms with Crippen molar-refractivity contribution in [3.8, 4) is 0 Å². The molecule has 29 heavy (non-hydrogen) atoms. The third-order valence-corrected chi connectivity index (χ3v) is 6.53. The standard InChI is InChI=1S/C22H27N5O2/c28-21(20-17-27(24-23-20)12-11-25-13-15-29-16-14-25)26-9-7-22(8-10-26)6-5-18-3-1-2-4-19(18)22/h1-6,17H,7-16H2. The van der Waals surface area contributed by atoms with E-state index in [0.29, 0.717) is 5.69 Å². The summed E-state index contributed by atoms with van der Waals surface area (Å²) in [6.45, 7) is 6.62. The van der Waals surface area contributed by atoms with Crippen LogP contribution in [-0.2, 0) is 16.7 Å². The minimum Gasteiger partial charge on any atom is -0.379 e. The summed E-state index contributed by atoms with van der Waals surface area (Å²) in [5.41, 5.74) is 3.25. The Balaban J connectivity index is 1.18. The Morgan fingerprint density at radius 2 is 1.86 bits per heavy atom. The fraction of sp³-hybridized carbons (Fsp3) is 0.500. The third-order valence-electron chi connectivity index (χ3n) is 6.53. The number of rotatable bonds is 4. The normalized spacial score (nSPS) is 20.9. The van der Waals surface area contributed by atoms with E-state index in [1.54, 1.807) is 10.9 Å². The summed E-state index contributed by atoms with van der Waals surface area (Å²) in [6.07, 6.45) is 8.26. The molecule has 1 amide bonds. The molecule has 2 fully saturated rings. The molecular weight excluding hydrogens is 366 g/mol. The molecule has 1 aromatic carbocycles. The maximum Gasteiger partial charge on any atom is 0.276 e. The maximum absolute atomic E-state index is 12.9. The van der Waals surface area contributed by atoms with Crippen molar-refractivity contribution >= 4 is 12.0 Å². The molecule has 152 valence electrons. The average Bonchev–Trinajstić information content (AvgIpc) is 3.39. The molecule has 3 heterocycles. The Labute approximate surface area is 170 Å². The second-order valence-corrected chi connectivity index (χ2v) is 8.19. The van der Waals surface area contributed by atoms with Gasteiger partial charge < -0.3 is 9.64 Å². The van der Waals surface area contributed by atoms with Crippen molar-refractivity contribution in [2.45, 2.75) is 24.8 Å². The number of piperidine rings is 1. The molecule has 5 rings (SSSR count). The molecule has 0 radical (unpaired) electrons. The molecule has 0 atom stereocenters. The Morgan fingerprint density at radius 1 is 1.07 bits per heavy atom. The van der Waals surface area contributed by atoms with E-state index in [1.165, 1.54) is 11.1 Å². The fourth-order valence-corrected chi connectivity index (χ4v) is 4.72. The molecule has 3 aliphatic rings. The summed E-state index contributed by atoms with van der Waals surface area (Å²) in [5, 5.41) is 8.31. The van der Waals surface area contributed by atoms with Gasteiger partial charge in [0.1, 0.15) is 0 Å². The van der Waals surface area contributed by atoms with Crippen molar-refractivity contribution in [1.82, 2.24) is 24.8 Å². The molecule has 0 unspecified atom stereocenters. The third kappa shape index (κ3) is 3.60. The number of fused-ring (bicyclic) bond motifs is 2. The van der Waals surface area contributed by atoms with Gasteiger partial charge in [0, 0.05) is 38.1 Å². The fourth-order valence-electron chi connectivity index (χ4n) is 4.72. The molecule has 2 saturated heterocycles. The van der Waals surface area contributed by atoms with Crippen LogP contribution in [0.3, 0.4) is 0 Å². The lowest BCUT2D eigenvalue weighted by Gasteiger charge is -2.39. The number of ether oxygens (including phenoxy) is 1. The first-order valence-corrected chi connectivity index (χ1v) is 10.5. The average molecular weight is 393 g/mol. The number of morpholine rings is 1. The first kappa shape index (κ1) is 18.5. The minimum absolute atomic E-state index is 0.00673. The van der Waals surface area contributed by atoms with Crippen LogP contribution < -0.4 is 0 Å². The summed E-state index contributed by atoms with van der Waals surface area (Å²) in [7, 11) is 0. The molecule has 1 aromatic heterocycles. The Morgan fingerprint density at radius 3 is 2.69 bits per heavy atom. The highest BCUT2D eigenvalue weighted by atomic mass is 16.5. The highest BCUT2D eigenvalue weighted by molar-refractivity contribution is 5.92. The van der Waals surface area contributed by atoms with Gasteiger partial charge in [-0.2, -0.15) is 0 Å². The predicted octanol–water partition coefficient (Wildman–Crippen LogP) is 1.81. The van der Waals surface area contributed by atoms with Crippen molar-refractivity contribution in [3.63, 3.8) is 0 Å². The highest BCUT2D eigenvalue weighted by Gasteiger charge is 2.39. The van der Waals surface area contributed by atoms with Crippen LogP contribution >= 0.6 is 0 Å². The topological polar surface area (TPSA) is 63.5 Å². The van der Waals surface area contributed by atoms with E-state index in [-0.39, 0.29) is 11.3 Å². The number of benzene rings is 1. The Kier molecular flexibility index (Phi) is 4.93. The number of aromatic nitrogens is 3. The van der Waals surface area contributed by atoms with E-state index in [9.17, 15) is 4.79 Å². The zero-order valence-electron chi connectivity index (χ0n) is 16.7. The van der Waals surface area contributed by atoms with E-state index in [2.05, 4.69) is 51.6 Å². The summed E-state index contributed by atoms with van der Waals surface area (Å²) >= 11 is 0. The van der Waals surface area contributed by atoms with Crippen molar-refractivity contribution in [2.75, 3.05) is 45.9 Å². The number of allylic oxidation sites excluding steroid dienone is 1. The molecule has 0 bridgehead atoms. The molecule has 0 N–H and O–H groups in total. The second-order valence-electron chi connectivity index (χ2n) is 8.19. The summed E-state index contributed by atoms with van der Waals surface area (Å²) < 4.78 is 7.16. The lowest BCUT2D eigenvalue weighted by atomic mass is 9.74. The van der Waals surface area contributed by atoms with Crippen LogP contribution in [0.15, 0.2) is 36.5 Å². The maximum atomic E-state index is 12.9. The van der Waals surface area contributed by atoms with Gasteiger partial charge in [0.2, 0.25) is 0 Å². The molecule has 1 spiro atoms. The van der Waals surface area contributed by atoms with E-state index < -0.39 is 0 Å². The number of carbonyl (C=O) groups excluding carboxylic acids is 1. The smallest absolute Gasteiger partial charge is 0.276 e. The number of amides is 1. The van der Waals surface area contributed by atoms with Gasteiger partial charge in [-0.05, 0) is 24.0 Å². The Hall–Kier alpha value is -2.51. The van der Waals surface area contributed by atoms with Gasteiger partial charge in [0.15, 0.2) is 5.69 Å². The largest absolute Gasteiger partial charge is 0.379 e. The van der Waals surface area contributed by atoms with Crippen LogP contribution in [0.25, 0.3) is 6.08 Å². The summed E-state index contributed by atoms with van der Waals surface area (Å²) in [4.78, 5) is 17.2. The van der Waals surface area contributed by atoms with E-state index >= 15 is 0 Å². The van der Waals surface area contributed by atoms with Crippen LogP contribution in [0, 0.1) is 0 Å². The van der Waals surface area contributed by atoms with Crippen LogP contribution in [0.1, 0.15) is 34.5 Å². The van der Waals surface area contributed by atoms with Gasteiger partial charge in [-0.3, -0.25) is 14.4 Å². The first-order valence-electron chi connectivity index (χ1n) is 10.5. The zero-order valence-corrected chi connectivity index (χ0v) is 16.7. The molecule has 7 heteroatoms. The quantitative estimate of drug-likeness (QED) is 0.793. The van der Waals surface area contributed by atoms with Crippen LogP contribution in [-0.4, -0.2) is 76.6 Å². The van der Waals surface area contributed by atoms with Gasteiger partial charge >= 0.3 is 0 Å². The second kappa shape index (κ2) is 7.72. The monoisotopic (exact) mass is 393 g/mol. The van der Waals surface area contributed by atoms with Crippen molar-refractivity contribution < 1.29 is 9.53 Å². The van der Waals surface area contributed by atoms with Crippen molar-refractivity contribution in [2.24, 2.45) is 0 Å². The molecule has 1 aliphatic carbocycles. The number of hydrogen-bond donors (Lipinski definition) is 0. The van der Waals surface area contributed by atoms with Crippen molar-refractivity contribution in [1.29, 1.82) is 0 Å². The summed E-state index contributed by atoms with van der Waals surface area (Å²) in [5.74, 6) is -0.00673. The Bertz CT molecular complexity index is 907. The first-order chi connectivity index (χ1) is 14.2. The lowest BCUT2D eigenvalue weighted by molar-refractivity contribution is 0.0359. The van der Waals surface area contributed by atoms with Gasteiger partial charge in [-0.15, -0.1) is 5.10 Å². The highest BCUT2D eigenvalue weighted by Crippen LogP contribution is 2.43. The molecule has 2 aromatic rings. The zero-order chi connectivity index (χ0) is 19.7. The molecule has 2 aliphatic heterocycles.